The molecule has 0 saturated heterocycles. The van der Waals surface area contributed by atoms with E-state index in [1.807, 2.05) is 10.6 Å². The van der Waals surface area contributed by atoms with Crippen LogP contribution in [0.2, 0.25) is 0 Å². The summed E-state index contributed by atoms with van der Waals surface area (Å²) < 4.78 is 18.9. The predicted octanol–water partition coefficient (Wildman–Crippen LogP) is 1.27. The number of halogens is 2. The molecule has 0 aliphatic carbocycles. The van der Waals surface area contributed by atoms with Crippen molar-refractivity contribution in [2.24, 2.45) is 0 Å². The minimum atomic E-state index is -0.293. The molecule has 8 heteroatoms. The van der Waals surface area contributed by atoms with Gasteiger partial charge in [0.25, 0.3) is 0 Å². The Labute approximate surface area is 138 Å². The predicted molar refractivity (Wildman–Crippen MR) is 86.1 cm³/mol. The van der Waals surface area contributed by atoms with Crippen molar-refractivity contribution in [3.8, 4) is 11.4 Å². The number of hydrogen-bond donors (Lipinski definition) is 1. The van der Waals surface area contributed by atoms with E-state index in [0.29, 0.717) is 21.8 Å². The first-order valence-electron chi connectivity index (χ1n) is 7.15. The number of nitrogens with one attached hydrogen (secondary N) is 1. The van der Waals surface area contributed by atoms with Crippen molar-refractivity contribution in [2.75, 3.05) is 5.32 Å². The average molecular weight is 373 g/mol. The van der Waals surface area contributed by atoms with Gasteiger partial charge >= 0.3 is 0 Å². The van der Waals surface area contributed by atoms with Crippen molar-refractivity contribution in [3.63, 3.8) is 0 Å². The lowest BCUT2D eigenvalue weighted by molar-refractivity contribution is 0.625. The van der Waals surface area contributed by atoms with Crippen LogP contribution in [0, 0.1) is 5.82 Å². The Morgan fingerprint density at radius 3 is 3.09 bits per heavy atom. The van der Waals surface area contributed by atoms with Crippen LogP contribution in [0.5, 0.6) is 0 Å². The summed E-state index contributed by atoms with van der Waals surface area (Å²) in [7, 11) is 0. The molecule has 2 aliphatic rings. The lowest BCUT2D eigenvalue weighted by Crippen LogP contribution is -2.29. The minimum Gasteiger partial charge on any atom is -0.328 e. The first kappa shape index (κ1) is 13.0. The summed E-state index contributed by atoms with van der Waals surface area (Å²) in [5.41, 5.74) is 1.51. The summed E-state index contributed by atoms with van der Waals surface area (Å²) in [6.07, 6.45) is 4.11. The minimum absolute atomic E-state index is 0.293. The molecule has 0 saturated carbocycles. The summed E-state index contributed by atoms with van der Waals surface area (Å²) in [6.45, 7) is 0.737. The third-order valence-electron chi connectivity index (χ3n) is 4.17. The number of aromatic nitrogens is 5. The molecule has 3 aromatic rings. The van der Waals surface area contributed by atoms with E-state index in [1.165, 1.54) is 12.4 Å². The molecule has 0 atom stereocenters. The second-order valence-corrected chi connectivity index (χ2v) is 6.25. The lowest BCUT2D eigenvalue weighted by atomic mass is 10.2. The standard InChI is InChI=1S/C15H10BrFN6/c16-8-2-1-3-9(17)12(8)14-21-10-6-18-15-19-7-20-23(15)11-4-5-22(14)13(10)11/h1-3,6-7H,4-5H2,(H,18,19,20). The Morgan fingerprint density at radius 1 is 1.30 bits per heavy atom. The van der Waals surface area contributed by atoms with E-state index in [-0.39, 0.29) is 5.82 Å². The van der Waals surface area contributed by atoms with Crippen LogP contribution in [0.4, 0.5) is 10.3 Å². The van der Waals surface area contributed by atoms with E-state index >= 15 is 0 Å². The number of fused-ring (bicyclic) bond motifs is 2. The number of anilines is 1. The van der Waals surface area contributed by atoms with Crippen LogP contribution in [0.25, 0.3) is 23.3 Å². The summed E-state index contributed by atoms with van der Waals surface area (Å²) in [6, 6.07) is 4.95. The van der Waals surface area contributed by atoms with Gasteiger partial charge in [0.05, 0.1) is 16.6 Å². The van der Waals surface area contributed by atoms with Gasteiger partial charge in [-0.2, -0.15) is 10.1 Å². The van der Waals surface area contributed by atoms with Crippen molar-refractivity contribution in [1.82, 2.24) is 24.3 Å². The van der Waals surface area contributed by atoms with Crippen molar-refractivity contribution in [1.29, 1.82) is 0 Å². The van der Waals surface area contributed by atoms with Crippen molar-refractivity contribution < 1.29 is 4.39 Å². The van der Waals surface area contributed by atoms with Crippen molar-refractivity contribution in [3.05, 3.63) is 45.5 Å². The second kappa shape index (κ2) is 4.51. The van der Waals surface area contributed by atoms with Gasteiger partial charge in [-0.25, -0.2) is 14.1 Å². The fraction of sp³-hybridized carbons (Fsp3) is 0.133. The Bertz CT molecular complexity index is 1060. The molecule has 1 aromatic carbocycles. The van der Waals surface area contributed by atoms with Crippen LogP contribution >= 0.6 is 15.9 Å². The molecule has 0 amide bonds. The van der Waals surface area contributed by atoms with E-state index < -0.39 is 0 Å². The van der Waals surface area contributed by atoms with Gasteiger partial charge < -0.3 is 9.88 Å². The van der Waals surface area contributed by atoms with Gasteiger partial charge in [0.2, 0.25) is 5.95 Å². The van der Waals surface area contributed by atoms with E-state index in [1.54, 1.807) is 16.9 Å². The van der Waals surface area contributed by atoms with E-state index in [0.717, 1.165) is 29.4 Å². The molecule has 0 bridgehead atoms. The van der Waals surface area contributed by atoms with Gasteiger partial charge in [0.1, 0.15) is 23.3 Å². The molecule has 114 valence electrons. The highest BCUT2D eigenvalue weighted by Crippen LogP contribution is 2.30. The number of benzene rings is 1. The third-order valence-corrected chi connectivity index (χ3v) is 4.83. The molecule has 4 heterocycles. The normalized spacial score (nSPS) is 14.8. The number of hydrogen-bond acceptors (Lipinski definition) is 4. The monoisotopic (exact) mass is 372 g/mol. The third kappa shape index (κ3) is 1.69. The first-order valence-corrected chi connectivity index (χ1v) is 7.94. The zero-order valence-corrected chi connectivity index (χ0v) is 13.4. The molecule has 1 N–H and O–H groups in total. The summed E-state index contributed by atoms with van der Waals surface area (Å²) in [4.78, 5) is 8.85. The molecule has 0 fully saturated rings. The van der Waals surface area contributed by atoms with Gasteiger partial charge in [0.15, 0.2) is 0 Å². The molecule has 2 aromatic heterocycles. The molecule has 0 spiro atoms. The zero-order chi connectivity index (χ0) is 15.6. The zero-order valence-electron chi connectivity index (χ0n) is 11.8. The fourth-order valence-electron chi connectivity index (χ4n) is 3.21. The Kier molecular flexibility index (Phi) is 2.55. The smallest absolute Gasteiger partial charge is 0.229 e. The van der Waals surface area contributed by atoms with Gasteiger partial charge in [-0.05, 0) is 28.1 Å². The molecule has 0 radical (unpaired) electrons. The lowest BCUT2D eigenvalue weighted by Gasteiger charge is -2.07. The molecule has 0 unspecified atom stereocenters. The molecule has 6 nitrogen and oxygen atoms in total. The van der Waals surface area contributed by atoms with Gasteiger partial charge in [-0.3, -0.25) is 0 Å². The molecule has 2 aliphatic heterocycles. The van der Waals surface area contributed by atoms with Crippen LogP contribution in [-0.2, 0) is 6.54 Å². The Hall–Kier alpha value is -2.48. The van der Waals surface area contributed by atoms with E-state index in [2.05, 4.69) is 36.3 Å². The highest BCUT2D eigenvalue weighted by Gasteiger charge is 2.26. The molecule has 23 heavy (non-hydrogen) atoms. The van der Waals surface area contributed by atoms with E-state index in [4.69, 9.17) is 0 Å². The number of nitrogens with zero attached hydrogens (tertiary/aromatic N) is 5. The summed E-state index contributed by atoms with van der Waals surface area (Å²) in [5, 5.41) is 9.13. The summed E-state index contributed by atoms with van der Waals surface area (Å²) in [5.74, 6) is 0.996. The van der Waals surface area contributed by atoms with Crippen LogP contribution < -0.4 is 16.0 Å². The number of rotatable bonds is 1. The van der Waals surface area contributed by atoms with Gasteiger partial charge in [-0.1, -0.05) is 6.07 Å². The maximum absolute atomic E-state index is 14.4. The maximum Gasteiger partial charge on any atom is 0.229 e. The second-order valence-electron chi connectivity index (χ2n) is 5.40. The average Bonchev–Trinajstić information content (AvgIpc) is 3.20. The molecular formula is C15H10BrFN6. The SMILES string of the molecule is Fc1cccc(Br)c1-c1nc2c3n1CCC=3n1ncnc1NC=2. The topological polar surface area (TPSA) is 60.6 Å². The first-order chi connectivity index (χ1) is 11.2. The van der Waals surface area contributed by atoms with Crippen molar-refractivity contribution >= 4 is 33.8 Å². The Balaban J connectivity index is 1.88. The van der Waals surface area contributed by atoms with E-state index in [9.17, 15) is 4.39 Å². The summed E-state index contributed by atoms with van der Waals surface area (Å²) >= 11 is 3.44. The Morgan fingerprint density at radius 2 is 2.22 bits per heavy atom. The highest BCUT2D eigenvalue weighted by molar-refractivity contribution is 9.10. The molecular weight excluding hydrogens is 363 g/mol. The largest absolute Gasteiger partial charge is 0.328 e. The van der Waals surface area contributed by atoms with Gasteiger partial charge in [0, 0.05) is 23.6 Å². The highest BCUT2D eigenvalue weighted by atomic mass is 79.9. The van der Waals surface area contributed by atoms with Crippen molar-refractivity contribution in [2.45, 2.75) is 13.0 Å². The van der Waals surface area contributed by atoms with Crippen LogP contribution in [0.1, 0.15) is 6.42 Å². The number of imidazole rings is 1. The quantitative estimate of drug-likeness (QED) is 0.698. The van der Waals surface area contributed by atoms with Crippen LogP contribution in [0.15, 0.2) is 29.0 Å². The molecule has 5 rings (SSSR count). The maximum atomic E-state index is 14.4. The fourth-order valence-corrected chi connectivity index (χ4v) is 3.73. The van der Waals surface area contributed by atoms with Crippen LogP contribution in [0.3, 0.4) is 0 Å². The van der Waals surface area contributed by atoms with Gasteiger partial charge in [-0.15, -0.1) is 0 Å². The van der Waals surface area contributed by atoms with Crippen LogP contribution in [-0.4, -0.2) is 24.3 Å².